The van der Waals surface area contributed by atoms with Gasteiger partial charge in [0.25, 0.3) is 5.69 Å². The highest BCUT2D eigenvalue weighted by Gasteiger charge is 2.20. The maximum absolute atomic E-state index is 12.9. The average Bonchev–Trinajstić information content (AvgIpc) is 2.78. The third-order valence-corrected chi connectivity index (χ3v) is 2.99. The molecule has 0 amide bonds. The van der Waals surface area contributed by atoms with Gasteiger partial charge in [-0.1, -0.05) is 0 Å². The van der Waals surface area contributed by atoms with Gasteiger partial charge in [0.1, 0.15) is 10.8 Å². The Morgan fingerprint density at radius 3 is 2.78 bits per heavy atom. The van der Waals surface area contributed by atoms with Gasteiger partial charge in [-0.25, -0.2) is 14.2 Å². The summed E-state index contributed by atoms with van der Waals surface area (Å²) in [5, 5.41) is 20.9. The van der Waals surface area contributed by atoms with Crippen LogP contribution in [0.25, 0.3) is 10.6 Å². The maximum Gasteiger partial charge on any atom is 0.355 e. The van der Waals surface area contributed by atoms with E-state index in [4.69, 9.17) is 5.11 Å². The van der Waals surface area contributed by atoms with Crippen molar-refractivity contribution in [3.63, 3.8) is 0 Å². The molecule has 0 aliphatic carbocycles. The second-order valence-corrected chi connectivity index (χ2v) is 4.12. The van der Waals surface area contributed by atoms with Crippen LogP contribution >= 0.6 is 11.3 Å². The first-order valence-corrected chi connectivity index (χ1v) is 5.50. The van der Waals surface area contributed by atoms with Crippen LogP contribution < -0.4 is 0 Å². The van der Waals surface area contributed by atoms with Gasteiger partial charge < -0.3 is 5.11 Å². The van der Waals surface area contributed by atoms with Crippen LogP contribution in [0.5, 0.6) is 0 Å². The Morgan fingerprint density at radius 2 is 2.22 bits per heavy atom. The highest BCUT2D eigenvalue weighted by molar-refractivity contribution is 7.13. The van der Waals surface area contributed by atoms with Crippen LogP contribution in [0, 0.1) is 15.9 Å². The van der Waals surface area contributed by atoms with Gasteiger partial charge in [-0.15, -0.1) is 11.3 Å². The number of nitro benzene ring substituents is 1. The molecule has 0 atom stereocenters. The molecule has 1 N–H and O–H groups in total. The summed E-state index contributed by atoms with van der Waals surface area (Å²) in [5.74, 6) is -1.96. The minimum atomic E-state index is -1.22. The summed E-state index contributed by atoms with van der Waals surface area (Å²) in [6.45, 7) is 0. The summed E-state index contributed by atoms with van der Waals surface area (Å²) >= 11 is 0.950. The number of carbonyl (C=O) groups is 1. The van der Waals surface area contributed by atoms with Crippen molar-refractivity contribution >= 4 is 23.0 Å². The average molecular weight is 268 g/mol. The fraction of sp³-hybridized carbons (Fsp3) is 0. The lowest BCUT2D eigenvalue weighted by molar-refractivity contribution is -0.384. The minimum absolute atomic E-state index is 0.0962. The fourth-order valence-electron chi connectivity index (χ4n) is 1.33. The number of hydrogen-bond donors (Lipinski definition) is 1. The number of rotatable bonds is 3. The van der Waals surface area contributed by atoms with Crippen LogP contribution in [0.2, 0.25) is 0 Å². The zero-order chi connectivity index (χ0) is 13.3. The first-order valence-electron chi connectivity index (χ1n) is 4.62. The highest BCUT2D eigenvalue weighted by atomic mass is 32.1. The SMILES string of the molecule is O=C(O)c1csc(-c2ccc(F)cc2[N+](=O)[O-])n1. The van der Waals surface area contributed by atoms with Crippen LogP contribution in [0.4, 0.5) is 10.1 Å². The first-order chi connectivity index (χ1) is 8.49. The van der Waals surface area contributed by atoms with Crippen molar-refractivity contribution in [3.8, 4) is 10.6 Å². The summed E-state index contributed by atoms with van der Waals surface area (Å²) in [6, 6.07) is 3.04. The summed E-state index contributed by atoms with van der Waals surface area (Å²) in [5.41, 5.74) is -0.547. The second kappa shape index (κ2) is 4.49. The molecule has 0 fully saturated rings. The number of thiazole rings is 1. The van der Waals surface area contributed by atoms with E-state index in [9.17, 15) is 19.3 Å². The molecule has 1 heterocycles. The van der Waals surface area contributed by atoms with Gasteiger partial charge >= 0.3 is 5.97 Å². The number of benzene rings is 1. The number of nitrogens with zero attached hydrogens (tertiary/aromatic N) is 2. The quantitative estimate of drug-likeness (QED) is 0.682. The van der Waals surface area contributed by atoms with Crippen molar-refractivity contribution in [2.24, 2.45) is 0 Å². The number of carboxylic acid groups (broad SMARTS) is 1. The van der Waals surface area contributed by atoms with Crippen LogP contribution in [0.3, 0.4) is 0 Å². The standard InChI is InChI=1S/C10H5FN2O4S/c11-5-1-2-6(8(3-5)13(16)17)9-12-7(4-18-9)10(14)15/h1-4H,(H,14,15). The molecule has 0 spiro atoms. The van der Waals surface area contributed by atoms with Gasteiger partial charge in [0, 0.05) is 5.38 Å². The monoisotopic (exact) mass is 268 g/mol. The predicted octanol–water partition coefficient (Wildman–Crippen LogP) is 2.56. The van der Waals surface area contributed by atoms with E-state index in [1.807, 2.05) is 0 Å². The molecule has 0 aliphatic heterocycles. The Bertz CT molecular complexity index is 641. The summed E-state index contributed by atoms with van der Waals surface area (Å²) < 4.78 is 12.9. The van der Waals surface area contributed by atoms with Gasteiger partial charge in [-0.05, 0) is 12.1 Å². The number of carboxylic acids is 1. The maximum atomic E-state index is 12.9. The van der Waals surface area contributed by atoms with E-state index in [1.54, 1.807) is 0 Å². The number of hydrogen-bond acceptors (Lipinski definition) is 5. The molecule has 2 rings (SSSR count). The molecule has 0 aliphatic rings. The molecule has 0 unspecified atom stereocenters. The molecule has 0 saturated carbocycles. The smallest absolute Gasteiger partial charge is 0.355 e. The van der Waals surface area contributed by atoms with Crippen molar-refractivity contribution in [1.29, 1.82) is 0 Å². The number of aromatic nitrogens is 1. The van der Waals surface area contributed by atoms with Crippen LogP contribution in [-0.2, 0) is 0 Å². The molecule has 0 bridgehead atoms. The van der Waals surface area contributed by atoms with E-state index >= 15 is 0 Å². The van der Waals surface area contributed by atoms with Gasteiger partial charge in [-0.3, -0.25) is 10.1 Å². The second-order valence-electron chi connectivity index (χ2n) is 3.26. The molecule has 6 nitrogen and oxygen atoms in total. The van der Waals surface area contributed by atoms with Crippen LogP contribution in [0.15, 0.2) is 23.6 Å². The van der Waals surface area contributed by atoms with Crippen LogP contribution in [-0.4, -0.2) is 21.0 Å². The van der Waals surface area contributed by atoms with Crippen molar-refractivity contribution < 1.29 is 19.2 Å². The third-order valence-electron chi connectivity index (χ3n) is 2.11. The van der Waals surface area contributed by atoms with E-state index in [0.717, 1.165) is 23.5 Å². The van der Waals surface area contributed by atoms with Gasteiger partial charge in [0.15, 0.2) is 5.69 Å². The predicted molar refractivity (Wildman–Crippen MR) is 61.1 cm³/mol. The number of nitro groups is 1. The molecule has 92 valence electrons. The van der Waals surface area contributed by atoms with E-state index < -0.39 is 22.4 Å². The molecule has 8 heteroatoms. The molecule has 0 saturated heterocycles. The highest BCUT2D eigenvalue weighted by Crippen LogP contribution is 2.32. The zero-order valence-electron chi connectivity index (χ0n) is 8.66. The Morgan fingerprint density at radius 1 is 1.50 bits per heavy atom. The lowest BCUT2D eigenvalue weighted by Crippen LogP contribution is -1.97. The Kier molecular flexibility index (Phi) is 3.02. The van der Waals surface area contributed by atoms with E-state index in [0.29, 0.717) is 0 Å². The van der Waals surface area contributed by atoms with Crippen molar-refractivity contribution in [1.82, 2.24) is 4.98 Å². The Labute approximate surface area is 103 Å². The Balaban J connectivity index is 2.55. The van der Waals surface area contributed by atoms with E-state index in [1.165, 1.54) is 11.4 Å². The van der Waals surface area contributed by atoms with Crippen molar-refractivity contribution in [2.75, 3.05) is 0 Å². The Hall–Kier alpha value is -2.35. The minimum Gasteiger partial charge on any atom is -0.476 e. The summed E-state index contributed by atoms with van der Waals surface area (Å²) in [7, 11) is 0. The molecule has 1 aromatic heterocycles. The van der Waals surface area contributed by atoms with Gasteiger partial charge in [0.2, 0.25) is 0 Å². The molecular weight excluding hydrogens is 263 g/mol. The number of halogens is 1. The largest absolute Gasteiger partial charge is 0.476 e. The lowest BCUT2D eigenvalue weighted by Gasteiger charge is -1.98. The lowest BCUT2D eigenvalue weighted by atomic mass is 10.2. The normalized spacial score (nSPS) is 10.3. The molecular formula is C10H5FN2O4S. The van der Waals surface area contributed by atoms with Crippen molar-refractivity contribution in [3.05, 3.63) is 45.2 Å². The fourth-order valence-corrected chi connectivity index (χ4v) is 2.16. The summed E-state index contributed by atoms with van der Waals surface area (Å²) in [6.07, 6.45) is 0. The van der Waals surface area contributed by atoms with E-state index in [-0.39, 0.29) is 16.3 Å². The van der Waals surface area contributed by atoms with Gasteiger partial charge in [-0.2, -0.15) is 0 Å². The topological polar surface area (TPSA) is 93.3 Å². The molecule has 18 heavy (non-hydrogen) atoms. The van der Waals surface area contributed by atoms with Gasteiger partial charge in [0.05, 0.1) is 16.6 Å². The zero-order valence-corrected chi connectivity index (χ0v) is 9.48. The summed E-state index contributed by atoms with van der Waals surface area (Å²) in [4.78, 5) is 24.5. The molecule has 1 aromatic carbocycles. The third kappa shape index (κ3) is 2.18. The molecule has 0 radical (unpaired) electrons. The van der Waals surface area contributed by atoms with E-state index in [2.05, 4.69) is 4.98 Å². The number of aromatic carboxylic acids is 1. The van der Waals surface area contributed by atoms with Crippen molar-refractivity contribution in [2.45, 2.75) is 0 Å². The first kappa shape index (κ1) is 12.1. The van der Waals surface area contributed by atoms with Crippen LogP contribution in [0.1, 0.15) is 10.5 Å². The molecule has 2 aromatic rings.